The number of carbonyl (C=O) groups is 3. The van der Waals surface area contributed by atoms with Crippen LogP contribution in [0.1, 0.15) is 53.7 Å². The van der Waals surface area contributed by atoms with Gasteiger partial charge in [0.25, 0.3) is 0 Å². The maximum Gasteiger partial charge on any atom is 0.185 e. The molecule has 1 spiro atoms. The first-order valence-electron chi connectivity index (χ1n) is 13.0. The predicted octanol–water partition coefficient (Wildman–Crippen LogP) is 6.45. The fraction of sp³-hybridized carbons (Fsp3) is 0.147. The highest BCUT2D eigenvalue weighted by Gasteiger charge is 2.71. The van der Waals surface area contributed by atoms with Gasteiger partial charge >= 0.3 is 0 Å². The molecule has 5 heteroatoms. The zero-order valence-electron chi connectivity index (χ0n) is 21.2. The minimum Gasteiger partial charge on any atom is -0.352 e. The molecule has 2 heterocycles. The molecule has 1 saturated heterocycles. The average molecular weight is 514 g/mol. The number of rotatable bonds is 3. The summed E-state index contributed by atoms with van der Waals surface area (Å²) in [5.41, 5.74) is 2.93. The molecule has 7 rings (SSSR count). The second-order valence-electron chi connectivity index (χ2n) is 10.6. The Hall–Kier alpha value is -4.64. The third kappa shape index (κ3) is 3.13. The Morgan fingerprint density at radius 3 is 2.13 bits per heavy atom. The molecule has 0 N–H and O–H groups in total. The Balaban J connectivity index is 1.56. The van der Waals surface area contributed by atoms with E-state index in [9.17, 15) is 18.8 Å². The van der Waals surface area contributed by atoms with Gasteiger partial charge in [0, 0.05) is 28.3 Å². The highest BCUT2D eigenvalue weighted by molar-refractivity contribution is 6.32. The standard InChI is InChI=1S/C34H24FNO3/c1-20-11-12-21-15-18-28-34(32(38)25-9-5-6-10-26(25)33(34)39)29(22-13-16-24(35)17-14-22)30(36(28)27(21)19-20)31(37)23-7-3-2-4-8-23/h2-19,28-30H,1H3/t28-,29+,30-/m1/s1. The molecule has 39 heavy (non-hydrogen) atoms. The van der Waals surface area contributed by atoms with Crippen molar-refractivity contribution in [2.75, 3.05) is 4.90 Å². The Morgan fingerprint density at radius 2 is 1.46 bits per heavy atom. The van der Waals surface area contributed by atoms with Gasteiger partial charge in [-0.2, -0.15) is 0 Å². The summed E-state index contributed by atoms with van der Waals surface area (Å²) in [6, 6.07) is 26.1. The summed E-state index contributed by atoms with van der Waals surface area (Å²) < 4.78 is 14.1. The van der Waals surface area contributed by atoms with E-state index in [0.29, 0.717) is 22.3 Å². The number of ketones is 3. The highest BCUT2D eigenvalue weighted by Crippen LogP contribution is 2.61. The number of aryl methyl sites for hydroxylation is 1. The number of hydrogen-bond acceptors (Lipinski definition) is 4. The monoisotopic (exact) mass is 513 g/mol. The van der Waals surface area contributed by atoms with Crippen LogP contribution in [0.3, 0.4) is 0 Å². The quantitative estimate of drug-likeness (QED) is 0.233. The second kappa shape index (κ2) is 8.43. The molecule has 2 aliphatic heterocycles. The van der Waals surface area contributed by atoms with Crippen LogP contribution < -0.4 is 4.90 Å². The first-order valence-corrected chi connectivity index (χ1v) is 13.0. The molecular weight excluding hydrogens is 489 g/mol. The first-order chi connectivity index (χ1) is 18.9. The van der Waals surface area contributed by atoms with Crippen LogP contribution in [0, 0.1) is 18.2 Å². The lowest BCUT2D eigenvalue weighted by molar-refractivity contribution is 0.0666. The summed E-state index contributed by atoms with van der Waals surface area (Å²) in [5.74, 6) is -2.05. The van der Waals surface area contributed by atoms with Crippen molar-refractivity contribution in [3.8, 4) is 0 Å². The van der Waals surface area contributed by atoms with Gasteiger partial charge in [-0.15, -0.1) is 0 Å². The molecule has 0 amide bonds. The number of carbonyl (C=O) groups excluding carboxylic acids is 3. The Morgan fingerprint density at radius 1 is 0.821 bits per heavy atom. The summed E-state index contributed by atoms with van der Waals surface area (Å²) >= 11 is 0. The van der Waals surface area contributed by atoms with Crippen LogP contribution in [0.25, 0.3) is 6.08 Å². The molecule has 3 atom stereocenters. The SMILES string of the molecule is Cc1ccc2c(c1)N1[C@@H](C(=O)c3ccccc3)[C@H](c3ccc(F)cc3)C3(C(=O)c4ccccc4C3=O)[C@H]1C=C2. The van der Waals surface area contributed by atoms with Gasteiger partial charge in [0.15, 0.2) is 17.3 Å². The van der Waals surface area contributed by atoms with Gasteiger partial charge in [-0.1, -0.05) is 91.0 Å². The summed E-state index contributed by atoms with van der Waals surface area (Å²) in [6.45, 7) is 1.98. The maximum absolute atomic E-state index is 14.6. The molecule has 0 saturated carbocycles. The van der Waals surface area contributed by atoms with Crippen molar-refractivity contribution in [3.63, 3.8) is 0 Å². The average Bonchev–Trinajstić information content (AvgIpc) is 3.40. The van der Waals surface area contributed by atoms with Crippen molar-refractivity contribution in [1.29, 1.82) is 0 Å². The highest BCUT2D eigenvalue weighted by atomic mass is 19.1. The van der Waals surface area contributed by atoms with E-state index in [1.165, 1.54) is 12.1 Å². The van der Waals surface area contributed by atoms with Crippen molar-refractivity contribution >= 4 is 29.1 Å². The van der Waals surface area contributed by atoms with Crippen LogP contribution in [-0.2, 0) is 0 Å². The minimum absolute atomic E-state index is 0.189. The van der Waals surface area contributed by atoms with E-state index in [1.54, 1.807) is 60.7 Å². The molecule has 0 radical (unpaired) electrons. The molecule has 4 aromatic carbocycles. The number of halogens is 1. The van der Waals surface area contributed by atoms with E-state index in [-0.39, 0.29) is 17.3 Å². The van der Waals surface area contributed by atoms with Crippen molar-refractivity contribution in [2.24, 2.45) is 5.41 Å². The lowest BCUT2D eigenvalue weighted by atomic mass is 9.64. The van der Waals surface area contributed by atoms with Gasteiger partial charge in [0.2, 0.25) is 0 Å². The fourth-order valence-corrected chi connectivity index (χ4v) is 6.89. The number of fused-ring (bicyclic) bond motifs is 5. The molecule has 1 aliphatic carbocycles. The van der Waals surface area contributed by atoms with E-state index < -0.39 is 29.2 Å². The van der Waals surface area contributed by atoms with E-state index in [0.717, 1.165) is 16.8 Å². The maximum atomic E-state index is 14.6. The fourth-order valence-electron chi connectivity index (χ4n) is 6.89. The number of anilines is 1. The molecular formula is C34H24FNO3. The lowest BCUT2D eigenvalue weighted by Gasteiger charge is -2.37. The zero-order chi connectivity index (χ0) is 26.9. The molecule has 0 unspecified atom stereocenters. The largest absolute Gasteiger partial charge is 0.352 e. The van der Waals surface area contributed by atoms with Crippen molar-refractivity contribution in [1.82, 2.24) is 0 Å². The molecule has 0 bridgehead atoms. The molecule has 190 valence electrons. The lowest BCUT2D eigenvalue weighted by Crippen LogP contribution is -2.48. The van der Waals surface area contributed by atoms with Gasteiger partial charge in [-0.25, -0.2) is 4.39 Å². The van der Waals surface area contributed by atoms with Crippen LogP contribution in [0.2, 0.25) is 0 Å². The third-order valence-corrected chi connectivity index (χ3v) is 8.52. The van der Waals surface area contributed by atoms with Crippen molar-refractivity contribution in [3.05, 3.63) is 142 Å². The van der Waals surface area contributed by atoms with Crippen LogP contribution >= 0.6 is 0 Å². The smallest absolute Gasteiger partial charge is 0.185 e. The summed E-state index contributed by atoms with van der Waals surface area (Å²) in [6.07, 6.45) is 3.84. The molecule has 0 aromatic heterocycles. The van der Waals surface area contributed by atoms with E-state index in [1.807, 2.05) is 48.2 Å². The second-order valence-corrected chi connectivity index (χ2v) is 10.6. The van der Waals surface area contributed by atoms with E-state index >= 15 is 0 Å². The normalized spacial score (nSPS) is 22.1. The van der Waals surface area contributed by atoms with E-state index in [2.05, 4.69) is 0 Å². The summed E-state index contributed by atoms with van der Waals surface area (Å²) in [7, 11) is 0. The number of nitrogens with zero attached hydrogens (tertiary/aromatic N) is 1. The van der Waals surface area contributed by atoms with Crippen molar-refractivity contribution < 1.29 is 18.8 Å². The van der Waals surface area contributed by atoms with E-state index in [4.69, 9.17) is 0 Å². The Labute approximate surface area is 225 Å². The molecule has 4 aromatic rings. The Kier molecular flexibility index (Phi) is 5.08. The third-order valence-electron chi connectivity index (χ3n) is 8.52. The zero-order valence-corrected chi connectivity index (χ0v) is 21.2. The number of benzene rings is 4. The van der Waals surface area contributed by atoms with Gasteiger partial charge < -0.3 is 4.90 Å². The molecule has 3 aliphatic rings. The number of Topliss-reactive ketones (excluding diaryl/α,β-unsaturated/α-hetero) is 3. The predicted molar refractivity (Wildman–Crippen MR) is 148 cm³/mol. The summed E-state index contributed by atoms with van der Waals surface area (Å²) in [5, 5.41) is 0. The molecule has 1 fully saturated rings. The van der Waals surface area contributed by atoms with Crippen LogP contribution in [-0.4, -0.2) is 29.4 Å². The minimum atomic E-state index is -1.59. The van der Waals surface area contributed by atoms with Gasteiger partial charge in [-0.3, -0.25) is 14.4 Å². The summed E-state index contributed by atoms with van der Waals surface area (Å²) in [4.78, 5) is 45.6. The number of hydrogen-bond donors (Lipinski definition) is 0. The van der Waals surface area contributed by atoms with Gasteiger partial charge in [-0.05, 0) is 41.8 Å². The topological polar surface area (TPSA) is 54.5 Å². The van der Waals surface area contributed by atoms with Crippen LogP contribution in [0.15, 0.2) is 103 Å². The van der Waals surface area contributed by atoms with Crippen molar-refractivity contribution in [2.45, 2.75) is 24.9 Å². The van der Waals surface area contributed by atoms with Gasteiger partial charge in [0.1, 0.15) is 17.3 Å². The van der Waals surface area contributed by atoms with Gasteiger partial charge in [0.05, 0.1) is 6.04 Å². The first kappa shape index (κ1) is 23.5. The van der Waals surface area contributed by atoms with Crippen LogP contribution in [0.5, 0.6) is 0 Å². The Bertz CT molecular complexity index is 1670. The van der Waals surface area contributed by atoms with Crippen LogP contribution in [0.4, 0.5) is 10.1 Å². The molecule has 4 nitrogen and oxygen atoms in total.